The van der Waals surface area contributed by atoms with Gasteiger partial charge in [-0.1, -0.05) is 24.3 Å². The van der Waals surface area contributed by atoms with Crippen LogP contribution in [0.4, 0.5) is 0 Å². The Morgan fingerprint density at radius 1 is 1.16 bits per heavy atom. The predicted octanol–water partition coefficient (Wildman–Crippen LogP) is 2.14. The molecule has 1 atom stereocenters. The second-order valence-electron chi connectivity index (χ2n) is 6.35. The fraction of sp³-hybridized carbons (Fsp3) is 0.368. The molecule has 2 aromatic carbocycles. The van der Waals surface area contributed by atoms with Crippen molar-refractivity contribution in [2.75, 3.05) is 26.7 Å². The van der Waals surface area contributed by atoms with Crippen LogP contribution in [0.5, 0.6) is 5.75 Å². The fourth-order valence-electron chi connectivity index (χ4n) is 3.05. The summed E-state index contributed by atoms with van der Waals surface area (Å²) >= 11 is 0. The van der Waals surface area contributed by atoms with Crippen molar-refractivity contribution in [3.8, 4) is 5.75 Å². The molecule has 0 saturated carbocycles. The van der Waals surface area contributed by atoms with Gasteiger partial charge in [0.05, 0.1) is 16.4 Å². The summed E-state index contributed by atoms with van der Waals surface area (Å²) in [7, 11) is -1.61. The Labute approximate surface area is 148 Å². The first-order valence-electron chi connectivity index (χ1n) is 8.40. The summed E-state index contributed by atoms with van der Waals surface area (Å²) in [5.74, 6) is 0.644. The first kappa shape index (κ1) is 17.9. The highest BCUT2D eigenvalue weighted by atomic mass is 32.2. The van der Waals surface area contributed by atoms with E-state index in [-0.39, 0.29) is 22.5 Å². The minimum absolute atomic E-state index is 0.00118. The molecule has 1 unspecified atom stereocenters. The van der Waals surface area contributed by atoms with E-state index in [0.717, 1.165) is 18.4 Å². The number of ether oxygens (including phenoxy) is 1. The van der Waals surface area contributed by atoms with Crippen molar-refractivity contribution >= 4 is 9.84 Å². The van der Waals surface area contributed by atoms with Crippen LogP contribution in [0.15, 0.2) is 58.3 Å². The Bertz CT molecular complexity index is 821. The predicted molar refractivity (Wildman–Crippen MR) is 95.7 cm³/mol. The molecule has 1 N–H and O–H groups in total. The van der Waals surface area contributed by atoms with Crippen molar-refractivity contribution in [2.45, 2.75) is 28.7 Å². The van der Waals surface area contributed by atoms with Gasteiger partial charge in [0, 0.05) is 13.1 Å². The molecule has 5 nitrogen and oxygen atoms in total. The van der Waals surface area contributed by atoms with Crippen LogP contribution in [-0.4, -0.2) is 51.3 Å². The highest BCUT2D eigenvalue weighted by molar-refractivity contribution is 7.91. The van der Waals surface area contributed by atoms with Crippen LogP contribution in [0.2, 0.25) is 0 Å². The Morgan fingerprint density at radius 2 is 1.92 bits per heavy atom. The third kappa shape index (κ3) is 4.03. The molecule has 3 rings (SSSR count). The van der Waals surface area contributed by atoms with E-state index in [9.17, 15) is 8.42 Å². The number of hydrogen-bond acceptors (Lipinski definition) is 5. The lowest BCUT2D eigenvalue weighted by Crippen LogP contribution is -2.36. The van der Waals surface area contributed by atoms with Crippen LogP contribution in [0, 0.1) is 0 Å². The molecule has 0 amide bonds. The fourth-order valence-corrected chi connectivity index (χ4v) is 4.34. The highest BCUT2D eigenvalue weighted by Crippen LogP contribution is 2.32. The summed E-state index contributed by atoms with van der Waals surface area (Å²) in [6.07, 6.45) is 1.74. The molecule has 25 heavy (non-hydrogen) atoms. The highest BCUT2D eigenvalue weighted by Gasteiger charge is 2.24. The van der Waals surface area contributed by atoms with E-state index in [1.807, 2.05) is 18.0 Å². The molecule has 2 aromatic rings. The standard InChI is InChI=1S/C19H23NO4S/c1-20(11-12-21)14-16-9-7-15-8-10-18(13-19(15)24-16)25(22,23)17-5-3-2-4-6-17/h2-6,8,10,13,16,21H,7,9,11-12,14H2,1H3. The van der Waals surface area contributed by atoms with E-state index in [4.69, 9.17) is 9.84 Å². The number of sulfone groups is 1. The maximum Gasteiger partial charge on any atom is 0.206 e. The van der Waals surface area contributed by atoms with E-state index < -0.39 is 9.84 Å². The van der Waals surface area contributed by atoms with Crippen LogP contribution in [0.25, 0.3) is 0 Å². The molecular weight excluding hydrogens is 338 g/mol. The third-order valence-corrected chi connectivity index (χ3v) is 6.20. The number of aliphatic hydroxyl groups excluding tert-OH is 1. The molecule has 0 spiro atoms. The van der Waals surface area contributed by atoms with Gasteiger partial charge in [0.15, 0.2) is 0 Å². The number of benzene rings is 2. The lowest BCUT2D eigenvalue weighted by atomic mass is 10.0. The number of fused-ring (bicyclic) bond motifs is 1. The molecule has 0 bridgehead atoms. The molecular formula is C19H23NO4S. The Hall–Kier alpha value is -1.89. The molecule has 6 heteroatoms. The van der Waals surface area contributed by atoms with Gasteiger partial charge < -0.3 is 14.7 Å². The molecule has 0 saturated heterocycles. The first-order valence-corrected chi connectivity index (χ1v) is 9.88. The van der Waals surface area contributed by atoms with Gasteiger partial charge in [-0.3, -0.25) is 0 Å². The van der Waals surface area contributed by atoms with Crippen LogP contribution < -0.4 is 4.74 Å². The molecule has 0 aliphatic carbocycles. The zero-order chi connectivity index (χ0) is 17.9. The molecule has 1 aliphatic heterocycles. The smallest absolute Gasteiger partial charge is 0.206 e. The first-order chi connectivity index (χ1) is 12.0. The second-order valence-corrected chi connectivity index (χ2v) is 8.30. The van der Waals surface area contributed by atoms with Gasteiger partial charge in [-0.25, -0.2) is 8.42 Å². The molecule has 1 heterocycles. The van der Waals surface area contributed by atoms with E-state index in [1.165, 1.54) is 0 Å². The summed E-state index contributed by atoms with van der Waals surface area (Å²) in [5.41, 5.74) is 1.04. The van der Waals surface area contributed by atoms with Crippen molar-refractivity contribution in [1.82, 2.24) is 4.90 Å². The topological polar surface area (TPSA) is 66.8 Å². The van der Waals surface area contributed by atoms with Crippen molar-refractivity contribution in [1.29, 1.82) is 0 Å². The largest absolute Gasteiger partial charge is 0.489 e. The van der Waals surface area contributed by atoms with Gasteiger partial charge in [0.2, 0.25) is 9.84 Å². The second kappa shape index (κ2) is 7.56. The van der Waals surface area contributed by atoms with Gasteiger partial charge >= 0.3 is 0 Å². The normalized spacial score (nSPS) is 17.2. The maximum absolute atomic E-state index is 12.8. The van der Waals surface area contributed by atoms with Gasteiger partial charge in [-0.2, -0.15) is 0 Å². The molecule has 1 aliphatic rings. The van der Waals surface area contributed by atoms with E-state index in [0.29, 0.717) is 18.8 Å². The maximum atomic E-state index is 12.8. The molecule has 0 fully saturated rings. The van der Waals surface area contributed by atoms with Crippen molar-refractivity contribution in [3.63, 3.8) is 0 Å². The number of aryl methyl sites for hydroxylation is 1. The van der Waals surface area contributed by atoms with E-state index in [2.05, 4.69) is 0 Å². The minimum atomic E-state index is -3.55. The summed E-state index contributed by atoms with van der Waals surface area (Å²) in [5, 5.41) is 9.01. The van der Waals surface area contributed by atoms with Crippen molar-refractivity contribution in [2.24, 2.45) is 0 Å². The lowest BCUT2D eigenvalue weighted by molar-refractivity contribution is 0.115. The van der Waals surface area contributed by atoms with Crippen LogP contribution in [0.3, 0.4) is 0 Å². The van der Waals surface area contributed by atoms with E-state index in [1.54, 1.807) is 42.5 Å². The average molecular weight is 361 g/mol. The number of likely N-dealkylation sites (N-methyl/N-ethyl adjacent to an activating group) is 1. The summed E-state index contributed by atoms with van der Waals surface area (Å²) in [6.45, 7) is 1.41. The Kier molecular flexibility index (Phi) is 5.42. The van der Waals surface area contributed by atoms with Gasteiger partial charge in [-0.15, -0.1) is 0 Å². The zero-order valence-corrected chi connectivity index (χ0v) is 15.1. The molecule has 134 valence electrons. The Balaban J connectivity index is 1.83. The number of aliphatic hydroxyl groups is 1. The summed E-state index contributed by atoms with van der Waals surface area (Å²) in [6, 6.07) is 13.6. The van der Waals surface area contributed by atoms with Crippen LogP contribution in [-0.2, 0) is 16.3 Å². The molecule has 0 radical (unpaired) electrons. The number of nitrogens with zero attached hydrogens (tertiary/aromatic N) is 1. The summed E-state index contributed by atoms with van der Waals surface area (Å²) < 4.78 is 31.6. The van der Waals surface area contributed by atoms with Crippen LogP contribution >= 0.6 is 0 Å². The Morgan fingerprint density at radius 3 is 2.64 bits per heavy atom. The van der Waals surface area contributed by atoms with Crippen molar-refractivity contribution < 1.29 is 18.3 Å². The summed E-state index contributed by atoms with van der Waals surface area (Å²) in [4.78, 5) is 2.55. The average Bonchev–Trinajstić information content (AvgIpc) is 2.62. The lowest BCUT2D eigenvalue weighted by Gasteiger charge is -2.29. The minimum Gasteiger partial charge on any atom is -0.489 e. The van der Waals surface area contributed by atoms with Gasteiger partial charge in [0.25, 0.3) is 0 Å². The van der Waals surface area contributed by atoms with Gasteiger partial charge in [0.1, 0.15) is 11.9 Å². The zero-order valence-electron chi connectivity index (χ0n) is 14.3. The SMILES string of the molecule is CN(CCO)CC1CCc2ccc(S(=O)(=O)c3ccccc3)cc2O1. The van der Waals surface area contributed by atoms with Gasteiger partial charge in [-0.05, 0) is 49.7 Å². The quantitative estimate of drug-likeness (QED) is 0.854. The van der Waals surface area contributed by atoms with E-state index >= 15 is 0 Å². The van der Waals surface area contributed by atoms with Crippen molar-refractivity contribution in [3.05, 3.63) is 54.1 Å². The van der Waals surface area contributed by atoms with Crippen LogP contribution in [0.1, 0.15) is 12.0 Å². The third-order valence-electron chi connectivity index (χ3n) is 4.43. The number of hydrogen-bond donors (Lipinski definition) is 1. The monoisotopic (exact) mass is 361 g/mol. The molecule has 0 aromatic heterocycles. The number of rotatable bonds is 6.